The van der Waals surface area contributed by atoms with Gasteiger partial charge in [0, 0.05) is 13.0 Å². The lowest BCUT2D eigenvalue weighted by Gasteiger charge is -2.11. The van der Waals surface area contributed by atoms with Crippen LogP contribution in [0.4, 0.5) is 0 Å². The van der Waals surface area contributed by atoms with Crippen LogP contribution in [-0.4, -0.2) is 35.4 Å². The van der Waals surface area contributed by atoms with Gasteiger partial charge >= 0.3 is 5.97 Å². The second-order valence-electron chi connectivity index (χ2n) is 4.33. The smallest absolute Gasteiger partial charge is 0.303 e. The highest BCUT2D eigenvalue weighted by molar-refractivity contribution is 5.66. The predicted octanol–water partition coefficient (Wildman–Crippen LogP) is 1.24. The van der Waals surface area contributed by atoms with Crippen LogP contribution < -0.4 is 5.32 Å². The molecule has 4 nitrogen and oxygen atoms in total. The van der Waals surface area contributed by atoms with Gasteiger partial charge in [-0.05, 0) is 31.7 Å². The van der Waals surface area contributed by atoms with Crippen molar-refractivity contribution in [3.63, 3.8) is 0 Å². The van der Waals surface area contributed by atoms with Crippen LogP contribution in [0.15, 0.2) is 0 Å². The van der Waals surface area contributed by atoms with Gasteiger partial charge in [-0.2, -0.15) is 0 Å². The molecule has 15 heavy (non-hydrogen) atoms. The normalized spacial score (nSPS) is 13.1. The van der Waals surface area contributed by atoms with Crippen LogP contribution in [0.25, 0.3) is 0 Å². The maximum atomic E-state index is 10.2. The average Bonchev–Trinajstić information content (AvgIpc) is 2.13. The SMILES string of the molecule is CC(C)CCCNCC(O)CCC(=O)O. The molecule has 0 saturated heterocycles. The van der Waals surface area contributed by atoms with Crippen molar-refractivity contribution >= 4 is 5.97 Å². The van der Waals surface area contributed by atoms with Crippen LogP contribution in [0, 0.1) is 5.92 Å². The summed E-state index contributed by atoms with van der Waals surface area (Å²) in [4.78, 5) is 10.2. The Balaban J connectivity index is 3.23. The molecule has 0 rings (SSSR count). The first-order valence-electron chi connectivity index (χ1n) is 5.63. The van der Waals surface area contributed by atoms with E-state index in [0.717, 1.165) is 13.0 Å². The van der Waals surface area contributed by atoms with Gasteiger partial charge in [0.25, 0.3) is 0 Å². The molecule has 3 N–H and O–H groups in total. The van der Waals surface area contributed by atoms with Crippen LogP contribution in [0.3, 0.4) is 0 Å². The summed E-state index contributed by atoms with van der Waals surface area (Å²) in [7, 11) is 0. The Morgan fingerprint density at radius 1 is 1.33 bits per heavy atom. The number of carboxylic acids is 1. The molecule has 0 aromatic heterocycles. The maximum absolute atomic E-state index is 10.2. The van der Waals surface area contributed by atoms with Crippen molar-refractivity contribution in [1.29, 1.82) is 0 Å². The fourth-order valence-corrected chi connectivity index (χ4v) is 1.30. The fourth-order valence-electron chi connectivity index (χ4n) is 1.30. The molecule has 0 saturated carbocycles. The minimum atomic E-state index is -0.853. The Bertz CT molecular complexity index is 171. The summed E-state index contributed by atoms with van der Waals surface area (Å²) in [5.41, 5.74) is 0. The first kappa shape index (κ1) is 14.4. The summed E-state index contributed by atoms with van der Waals surface area (Å²) in [6.45, 7) is 5.75. The van der Waals surface area contributed by atoms with Crippen LogP contribution >= 0.6 is 0 Å². The standard InChI is InChI=1S/C11H23NO3/c1-9(2)4-3-7-12-8-10(13)5-6-11(14)15/h9-10,12-13H,3-8H2,1-2H3,(H,14,15). The molecule has 0 radical (unpaired) electrons. The van der Waals surface area contributed by atoms with E-state index in [-0.39, 0.29) is 6.42 Å². The molecular weight excluding hydrogens is 194 g/mol. The van der Waals surface area contributed by atoms with Gasteiger partial charge in [0.2, 0.25) is 0 Å². The van der Waals surface area contributed by atoms with Crippen molar-refractivity contribution < 1.29 is 15.0 Å². The van der Waals surface area contributed by atoms with Crippen LogP contribution in [0.2, 0.25) is 0 Å². The molecule has 0 aliphatic heterocycles. The Morgan fingerprint density at radius 3 is 2.53 bits per heavy atom. The minimum Gasteiger partial charge on any atom is -0.481 e. The highest BCUT2D eigenvalue weighted by Gasteiger charge is 2.06. The molecule has 0 fully saturated rings. The first-order valence-corrected chi connectivity index (χ1v) is 5.63. The fraction of sp³-hybridized carbons (Fsp3) is 0.909. The molecular formula is C11H23NO3. The highest BCUT2D eigenvalue weighted by Crippen LogP contribution is 2.02. The number of aliphatic hydroxyl groups excluding tert-OH is 1. The summed E-state index contributed by atoms with van der Waals surface area (Å²) >= 11 is 0. The zero-order chi connectivity index (χ0) is 11.7. The van der Waals surface area contributed by atoms with E-state index in [0.29, 0.717) is 18.9 Å². The van der Waals surface area contributed by atoms with Crippen molar-refractivity contribution in [2.45, 2.75) is 45.6 Å². The van der Waals surface area contributed by atoms with Crippen LogP contribution in [0.5, 0.6) is 0 Å². The molecule has 1 atom stereocenters. The number of aliphatic hydroxyl groups is 1. The van der Waals surface area contributed by atoms with Gasteiger partial charge in [-0.25, -0.2) is 0 Å². The first-order chi connectivity index (χ1) is 7.02. The molecule has 0 spiro atoms. The third-order valence-corrected chi connectivity index (χ3v) is 2.21. The van der Waals surface area contributed by atoms with Crippen molar-refractivity contribution in [1.82, 2.24) is 5.32 Å². The molecule has 0 bridgehead atoms. The summed E-state index contributed by atoms with van der Waals surface area (Å²) in [5, 5.41) is 20.9. The van der Waals surface area contributed by atoms with Crippen molar-refractivity contribution in [2.24, 2.45) is 5.92 Å². The quantitative estimate of drug-likeness (QED) is 0.508. The number of aliphatic carboxylic acids is 1. The lowest BCUT2D eigenvalue weighted by molar-refractivity contribution is -0.137. The van der Waals surface area contributed by atoms with E-state index in [1.165, 1.54) is 6.42 Å². The summed E-state index contributed by atoms with van der Waals surface area (Å²) in [6.07, 6.45) is 2.10. The second-order valence-corrected chi connectivity index (χ2v) is 4.33. The van der Waals surface area contributed by atoms with E-state index >= 15 is 0 Å². The number of carboxylic acid groups (broad SMARTS) is 1. The Morgan fingerprint density at radius 2 is 2.00 bits per heavy atom. The molecule has 0 heterocycles. The average molecular weight is 217 g/mol. The maximum Gasteiger partial charge on any atom is 0.303 e. The third-order valence-electron chi connectivity index (χ3n) is 2.21. The van der Waals surface area contributed by atoms with Crippen molar-refractivity contribution in [3.05, 3.63) is 0 Å². The molecule has 0 amide bonds. The Hall–Kier alpha value is -0.610. The molecule has 0 aromatic rings. The third kappa shape index (κ3) is 11.3. The molecule has 0 aromatic carbocycles. The van der Waals surface area contributed by atoms with E-state index < -0.39 is 12.1 Å². The lowest BCUT2D eigenvalue weighted by atomic mass is 10.1. The van der Waals surface area contributed by atoms with Gasteiger partial charge in [-0.3, -0.25) is 4.79 Å². The number of nitrogens with one attached hydrogen (secondary N) is 1. The van der Waals surface area contributed by atoms with E-state index in [1.54, 1.807) is 0 Å². The topological polar surface area (TPSA) is 69.6 Å². The van der Waals surface area contributed by atoms with E-state index in [4.69, 9.17) is 5.11 Å². The number of hydrogen-bond acceptors (Lipinski definition) is 3. The van der Waals surface area contributed by atoms with Gasteiger partial charge in [0.1, 0.15) is 0 Å². The highest BCUT2D eigenvalue weighted by atomic mass is 16.4. The zero-order valence-corrected chi connectivity index (χ0v) is 9.70. The summed E-state index contributed by atoms with van der Waals surface area (Å²) < 4.78 is 0. The zero-order valence-electron chi connectivity index (χ0n) is 9.70. The Labute approximate surface area is 91.7 Å². The monoisotopic (exact) mass is 217 g/mol. The molecule has 90 valence electrons. The van der Waals surface area contributed by atoms with Gasteiger partial charge in [0.15, 0.2) is 0 Å². The second kappa shape index (κ2) is 8.68. The van der Waals surface area contributed by atoms with Crippen LogP contribution in [0.1, 0.15) is 39.5 Å². The Kier molecular flexibility index (Phi) is 8.33. The number of rotatable bonds is 9. The van der Waals surface area contributed by atoms with Gasteiger partial charge in [-0.15, -0.1) is 0 Å². The van der Waals surface area contributed by atoms with E-state index in [1.807, 2.05) is 0 Å². The minimum absolute atomic E-state index is 0.0365. The molecule has 0 aliphatic rings. The van der Waals surface area contributed by atoms with Gasteiger partial charge in [-0.1, -0.05) is 13.8 Å². The number of hydrogen-bond donors (Lipinski definition) is 3. The number of carbonyl (C=O) groups is 1. The predicted molar refractivity (Wildman–Crippen MR) is 59.8 cm³/mol. The van der Waals surface area contributed by atoms with Gasteiger partial charge in [0.05, 0.1) is 6.10 Å². The summed E-state index contributed by atoms with van der Waals surface area (Å²) in [6, 6.07) is 0. The molecule has 4 heteroatoms. The largest absolute Gasteiger partial charge is 0.481 e. The van der Waals surface area contributed by atoms with Crippen LogP contribution in [-0.2, 0) is 4.79 Å². The molecule has 0 aliphatic carbocycles. The lowest BCUT2D eigenvalue weighted by Crippen LogP contribution is -2.28. The molecule has 1 unspecified atom stereocenters. The van der Waals surface area contributed by atoms with E-state index in [2.05, 4.69) is 19.2 Å². The summed E-state index contributed by atoms with van der Waals surface area (Å²) in [5.74, 6) is -0.141. The van der Waals surface area contributed by atoms with E-state index in [9.17, 15) is 9.90 Å². The van der Waals surface area contributed by atoms with Crippen molar-refractivity contribution in [2.75, 3.05) is 13.1 Å². The van der Waals surface area contributed by atoms with Crippen molar-refractivity contribution in [3.8, 4) is 0 Å². The van der Waals surface area contributed by atoms with Gasteiger partial charge < -0.3 is 15.5 Å².